The Kier molecular flexibility index (Phi) is 5.01. The van der Waals surface area contributed by atoms with Gasteiger partial charge in [-0.05, 0) is 61.4 Å². The SMILES string of the molecule is Cc1cc(/C=C2\NC(=O)N(Cc3ccc(Br)cc3)C2=O)c(C)n1-c1ccc2c(c1)OCO2. The quantitative estimate of drug-likeness (QED) is 0.423. The minimum atomic E-state index is -0.422. The Bertz CT molecular complexity index is 1280. The zero-order valence-corrected chi connectivity index (χ0v) is 19.1. The molecule has 0 saturated carbocycles. The number of benzene rings is 2. The van der Waals surface area contributed by atoms with Crippen molar-refractivity contribution in [1.29, 1.82) is 0 Å². The first-order chi connectivity index (χ1) is 15.4. The predicted octanol–water partition coefficient (Wildman–Crippen LogP) is 4.68. The number of carbonyl (C=O) groups excluding carboxylic acids is 2. The van der Waals surface area contributed by atoms with Crippen LogP contribution in [0.1, 0.15) is 22.5 Å². The number of fused-ring (bicyclic) bond motifs is 1. The number of hydrogen-bond acceptors (Lipinski definition) is 4. The summed E-state index contributed by atoms with van der Waals surface area (Å²) in [5.41, 5.74) is 4.87. The maximum Gasteiger partial charge on any atom is 0.329 e. The Balaban J connectivity index is 1.43. The Morgan fingerprint density at radius 2 is 1.78 bits per heavy atom. The van der Waals surface area contributed by atoms with Crippen LogP contribution in [0.4, 0.5) is 4.79 Å². The van der Waals surface area contributed by atoms with E-state index in [1.54, 1.807) is 6.08 Å². The summed E-state index contributed by atoms with van der Waals surface area (Å²) in [5.74, 6) is 1.09. The second-order valence-electron chi connectivity index (χ2n) is 7.71. The number of ether oxygens (including phenoxy) is 2. The van der Waals surface area contributed by atoms with E-state index in [2.05, 4.69) is 25.8 Å². The molecule has 8 heteroatoms. The lowest BCUT2D eigenvalue weighted by Crippen LogP contribution is -2.30. The second kappa shape index (κ2) is 7.87. The molecule has 0 bridgehead atoms. The number of aryl methyl sites for hydroxylation is 1. The van der Waals surface area contributed by atoms with Gasteiger partial charge in [-0.3, -0.25) is 9.69 Å². The Hall–Kier alpha value is -3.52. The molecule has 1 fully saturated rings. The molecule has 3 heterocycles. The van der Waals surface area contributed by atoms with Crippen LogP contribution >= 0.6 is 15.9 Å². The summed E-state index contributed by atoms with van der Waals surface area (Å²) in [6.45, 7) is 4.41. The van der Waals surface area contributed by atoms with Crippen LogP contribution in [-0.2, 0) is 11.3 Å². The number of urea groups is 1. The molecule has 0 unspecified atom stereocenters. The molecule has 2 aliphatic heterocycles. The zero-order valence-electron chi connectivity index (χ0n) is 17.5. The zero-order chi connectivity index (χ0) is 22.4. The van der Waals surface area contributed by atoms with E-state index in [1.807, 2.05) is 62.4 Å². The number of halogens is 1. The molecule has 32 heavy (non-hydrogen) atoms. The van der Waals surface area contributed by atoms with Gasteiger partial charge in [0.15, 0.2) is 11.5 Å². The number of nitrogens with zero attached hydrogens (tertiary/aromatic N) is 2. The number of amides is 3. The summed E-state index contributed by atoms with van der Waals surface area (Å²) in [5, 5.41) is 2.71. The van der Waals surface area contributed by atoms with E-state index in [0.29, 0.717) is 5.75 Å². The van der Waals surface area contributed by atoms with Gasteiger partial charge in [0.2, 0.25) is 6.79 Å². The molecular weight excluding hydrogens is 474 g/mol. The summed E-state index contributed by atoms with van der Waals surface area (Å²) in [6, 6.07) is 14.9. The fraction of sp³-hybridized carbons (Fsp3) is 0.167. The molecule has 0 atom stereocenters. The summed E-state index contributed by atoms with van der Waals surface area (Å²) < 4.78 is 13.9. The van der Waals surface area contributed by atoms with Crippen molar-refractivity contribution in [3.8, 4) is 17.2 Å². The number of hydrogen-bond donors (Lipinski definition) is 1. The molecule has 0 aliphatic carbocycles. The molecule has 1 saturated heterocycles. The molecule has 3 aromatic rings. The number of rotatable bonds is 4. The van der Waals surface area contributed by atoms with Gasteiger partial charge in [-0.25, -0.2) is 4.79 Å². The first-order valence-corrected chi connectivity index (χ1v) is 10.9. The molecule has 2 aliphatic rings. The van der Waals surface area contributed by atoms with Crippen molar-refractivity contribution in [2.24, 2.45) is 0 Å². The second-order valence-corrected chi connectivity index (χ2v) is 8.62. The van der Waals surface area contributed by atoms with Crippen molar-refractivity contribution in [3.05, 3.63) is 81.2 Å². The summed E-state index contributed by atoms with van der Waals surface area (Å²) in [7, 11) is 0. The van der Waals surface area contributed by atoms with E-state index in [9.17, 15) is 9.59 Å². The lowest BCUT2D eigenvalue weighted by Gasteiger charge is -2.11. The molecular formula is C24H20BrN3O4. The van der Waals surface area contributed by atoms with Gasteiger partial charge in [0, 0.05) is 27.6 Å². The maximum atomic E-state index is 12.9. The highest BCUT2D eigenvalue weighted by molar-refractivity contribution is 9.10. The van der Waals surface area contributed by atoms with E-state index in [4.69, 9.17) is 9.47 Å². The van der Waals surface area contributed by atoms with Crippen molar-refractivity contribution in [1.82, 2.24) is 14.8 Å². The topological polar surface area (TPSA) is 72.8 Å². The highest BCUT2D eigenvalue weighted by Crippen LogP contribution is 2.35. The van der Waals surface area contributed by atoms with E-state index in [-0.39, 0.29) is 24.9 Å². The van der Waals surface area contributed by atoms with Crippen LogP contribution in [-0.4, -0.2) is 28.2 Å². The highest BCUT2D eigenvalue weighted by atomic mass is 79.9. The molecule has 1 N–H and O–H groups in total. The molecule has 5 rings (SSSR count). The van der Waals surface area contributed by atoms with Crippen LogP contribution in [0, 0.1) is 13.8 Å². The van der Waals surface area contributed by atoms with Gasteiger partial charge in [0.05, 0.1) is 6.54 Å². The average Bonchev–Trinajstić information content (AvgIpc) is 3.42. The number of nitrogens with one attached hydrogen (secondary N) is 1. The van der Waals surface area contributed by atoms with Crippen LogP contribution in [0.15, 0.2) is 58.7 Å². The molecule has 162 valence electrons. The fourth-order valence-corrected chi connectivity index (χ4v) is 4.26. The molecule has 0 radical (unpaired) electrons. The number of imide groups is 1. The lowest BCUT2D eigenvalue weighted by molar-refractivity contribution is -0.123. The van der Waals surface area contributed by atoms with Gasteiger partial charge in [-0.2, -0.15) is 0 Å². The predicted molar refractivity (Wildman–Crippen MR) is 123 cm³/mol. The van der Waals surface area contributed by atoms with E-state index >= 15 is 0 Å². The smallest absolute Gasteiger partial charge is 0.329 e. The minimum absolute atomic E-state index is 0.214. The Labute approximate surface area is 193 Å². The first-order valence-electron chi connectivity index (χ1n) is 10.1. The summed E-state index contributed by atoms with van der Waals surface area (Å²) >= 11 is 3.39. The molecule has 0 spiro atoms. The third kappa shape index (κ3) is 3.56. The van der Waals surface area contributed by atoms with Crippen molar-refractivity contribution in [2.45, 2.75) is 20.4 Å². The lowest BCUT2D eigenvalue weighted by atomic mass is 10.2. The first kappa shape index (κ1) is 20.4. The summed E-state index contributed by atoms with van der Waals surface area (Å²) in [4.78, 5) is 26.6. The number of carbonyl (C=O) groups is 2. The Morgan fingerprint density at radius 1 is 1.03 bits per heavy atom. The monoisotopic (exact) mass is 493 g/mol. The maximum absolute atomic E-state index is 12.9. The van der Waals surface area contributed by atoms with Crippen molar-refractivity contribution < 1.29 is 19.1 Å². The molecule has 2 aromatic carbocycles. The fourth-order valence-electron chi connectivity index (χ4n) is 4.00. The van der Waals surface area contributed by atoms with Crippen LogP contribution in [0.25, 0.3) is 11.8 Å². The largest absolute Gasteiger partial charge is 0.454 e. The van der Waals surface area contributed by atoms with E-state index < -0.39 is 6.03 Å². The van der Waals surface area contributed by atoms with E-state index in [1.165, 1.54) is 4.90 Å². The van der Waals surface area contributed by atoms with E-state index in [0.717, 1.165) is 38.4 Å². The van der Waals surface area contributed by atoms with Crippen molar-refractivity contribution in [2.75, 3.05) is 6.79 Å². The summed E-state index contributed by atoms with van der Waals surface area (Å²) in [6.07, 6.45) is 1.73. The van der Waals surface area contributed by atoms with Gasteiger partial charge in [0.25, 0.3) is 5.91 Å². The minimum Gasteiger partial charge on any atom is -0.454 e. The Morgan fingerprint density at radius 3 is 2.56 bits per heavy atom. The van der Waals surface area contributed by atoms with Gasteiger partial charge in [-0.15, -0.1) is 0 Å². The van der Waals surface area contributed by atoms with Crippen LogP contribution in [0.2, 0.25) is 0 Å². The third-order valence-corrected chi connectivity index (χ3v) is 6.13. The van der Waals surface area contributed by atoms with Crippen LogP contribution in [0.3, 0.4) is 0 Å². The van der Waals surface area contributed by atoms with Gasteiger partial charge < -0.3 is 19.4 Å². The van der Waals surface area contributed by atoms with Crippen LogP contribution in [0.5, 0.6) is 11.5 Å². The highest BCUT2D eigenvalue weighted by Gasteiger charge is 2.33. The molecule has 7 nitrogen and oxygen atoms in total. The normalized spacial score (nSPS) is 16.2. The van der Waals surface area contributed by atoms with Gasteiger partial charge in [-0.1, -0.05) is 28.1 Å². The third-order valence-electron chi connectivity index (χ3n) is 5.60. The number of aromatic nitrogens is 1. The van der Waals surface area contributed by atoms with Gasteiger partial charge in [0.1, 0.15) is 5.70 Å². The average molecular weight is 494 g/mol. The van der Waals surface area contributed by atoms with Crippen molar-refractivity contribution >= 4 is 33.9 Å². The standard InChI is InChI=1S/C24H20BrN3O4/c1-14-9-17(15(2)28(14)19-7-8-21-22(11-19)32-13-31-21)10-20-23(29)27(24(30)26-20)12-16-3-5-18(25)6-4-16/h3-11H,12-13H2,1-2H3,(H,26,30)/b20-10-. The van der Waals surface area contributed by atoms with Crippen LogP contribution < -0.4 is 14.8 Å². The van der Waals surface area contributed by atoms with Crippen molar-refractivity contribution in [3.63, 3.8) is 0 Å². The molecule has 3 amide bonds. The van der Waals surface area contributed by atoms with Gasteiger partial charge >= 0.3 is 6.03 Å². The molecule has 1 aromatic heterocycles.